The van der Waals surface area contributed by atoms with Gasteiger partial charge in [0.15, 0.2) is 5.82 Å². The third-order valence-electron chi connectivity index (χ3n) is 6.41. The number of terminal acetylenes is 1. The minimum Gasteiger partial charge on any atom is -0.481 e. The Labute approximate surface area is 215 Å². The van der Waals surface area contributed by atoms with E-state index in [2.05, 4.69) is 31.2 Å². The summed E-state index contributed by atoms with van der Waals surface area (Å²) in [5.41, 5.74) is 11.5. The summed E-state index contributed by atoms with van der Waals surface area (Å²) in [5, 5.41) is 7.20. The number of nitrogens with zero attached hydrogens (tertiary/aromatic N) is 5. The van der Waals surface area contributed by atoms with E-state index in [1.54, 1.807) is 18.2 Å². The molecule has 10 heteroatoms. The van der Waals surface area contributed by atoms with Gasteiger partial charge in [0.25, 0.3) is 5.91 Å². The summed E-state index contributed by atoms with van der Waals surface area (Å²) in [5.74, 6) is 3.34. The van der Waals surface area contributed by atoms with E-state index in [1.807, 2.05) is 36.1 Å². The van der Waals surface area contributed by atoms with Crippen molar-refractivity contribution in [1.82, 2.24) is 20.2 Å². The van der Waals surface area contributed by atoms with Crippen LogP contribution in [0.15, 0.2) is 47.6 Å². The van der Waals surface area contributed by atoms with Gasteiger partial charge in [0, 0.05) is 29.7 Å². The summed E-state index contributed by atoms with van der Waals surface area (Å²) >= 11 is 5.01. The van der Waals surface area contributed by atoms with Crippen molar-refractivity contribution in [2.45, 2.75) is 50.1 Å². The maximum atomic E-state index is 13.4. The molecule has 0 bridgehead atoms. The predicted molar refractivity (Wildman–Crippen MR) is 143 cm³/mol. The van der Waals surface area contributed by atoms with Crippen molar-refractivity contribution in [2.24, 2.45) is 5.11 Å². The average Bonchev–Trinajstić information content (AvgIpc) is 3.31. The number of H-pyrrole nitrogens is 1. The molecule has 186 valence electrons. The lowest BCUT2D eigenvalue weighted by Crippen LogP contribution is -2.51. The number of thiol groups is 1. The zero-order valence-electron chi connectivity index (χ0n) is 20.1. The number of benzene rings is 2. The van der Waals surface area contributed by atoms with Crippen LogP contribution in [-0.4, -0.2) is 44.8 Å². The Kier molecular flexibility index (Phi) is 8.06. The Morgan fingerprint density at radius 1 is 1.44 bits per heavy atom. The molecule has 4 rings (SSSR count). The zero-order valence-corrected chi connectivity index (χ0v) is 21.0. The van der Waals surface area contributed by atoms with Gasteiger partial charge < -0.3 is 14.6 Å². The van der Waals surface area contributed by atoms with Gasteiger partial charge in [0.2, 0.25) is 0 Å². The number of fused-ring (bicyclic) bond motifs is 1. The maximum absolute atomic E-state index is 13.4. The first-order valence-electron chi connectivity index (χ1n) is 11.9. The molecule has 2 atom stereocenters. The van der Waals surface area contributed by atoms with Gasteiger partial charge in [0.05, 0.1) is 15.9 Å². The van der Waals surface area contributed by atoms with Gasteiger partial charge in [-0.2, -0.15) is 12.6 Å². The van der Waals surface area contributed by atoms with Crippen LogP contribution in [0, 0.1) is 12.3 Å². The number of ether oxygens (including phenoxy) is 1. The summed E-state index contributed by atoms with van der Waals surface area (Å²) < 4.78 is 5.53. The molecule has 1 heterocycles. The first kappa shape index (κ1) is 25.5. The second-order valence-corrected chi connectivity index (χ2v) is 9.70. The van der Waals surface area contributed by atoms with Crippen LogP contribution in [0.25, 0.3) is 21.5 Å². The SMILES string of the molecule is C#CCOc1cccc(CNC2(S)CCC[C@H](N(CC)C(=O)c3nc4cc(N=[N+]=[N-])ccc4[nH]3)C2)c1. The average molecular weight is 504 g/mol. The molecular formula is C26H29N7O2S. The molecule has 0 saturated heterocycles. The number of carbonyl (C=O) groups excluding carboxylic acids is 1. The topological polar surface area (TPSA) is 119 Å². The van der Waals surface area contributed by atoms with Crippen LogP contribution >= 0.6 is 12.6 Å². The monoisotopic (exact) mass is 503 g/mol. The Bertz CT molecular complexity index is 1330. The number of hydrogen-bond donors (Lipinski definition) is 3. The van der Waals surface area contributed by atoms with Crippen molar-refractivity contribution in [3.63, 3.8) is 0 Å². The molecule has 0 spiro atoms. The van der Waals surface area contributed by atoms with Gasteiger partial charge in [-0.25, -0.2) is 4.98 Å². The maximum Gasteiger partial charge on any atom is 0.289 e. The highest BCUT2D eigenvalue weighted by molar-refractivity contribution is 7.81. The van der Waals surface area contributed by atoms with E-state index in [-0.39, 0.29) is 24.4 Å². The third-order valence-corrected chi connectivity index (χ3v) is 6.98. The number of rotatable bonds is 9. The first-order chi connectivity index (χ1) is 17.4. The summed E-state index contributed by atoms with van der Waals surface area (Å²) in [7, 11) is 0. The van der Waals surface area contributed by atoms with E-state index in [9.17, 15) is 4.79 Å². The number of amides is 1. The van der Waals surface area contributed by atoms with Crippen LogP contribution in [0.3, 0.4) is 0 Å². The molecule has 1 aromatic heterocycles. The summed E-state index contributed by atoms with van der Waals surface area (Å²) in [4.78, 5) is 25.3. The van der Waals surface area contributed by atoms with Crippen molar-refractivity contribution >= 4 is 35.3 Å². The number of aromatic amines is 1. The molecule has 0 aliphatic heterocycles. The number of aromatic nitrogens is 2. The van der Waals surface area contributed by atoms with E-state index in [4.69, 9.17) is 29.3 Å². The van der Waals surface area contributed by atoms with E-state index in [0.717, 1.165) is 30.6 Å². The molecular weight excluding hydrogens is 474 g/mol. The van der Waals surface area contributed by atoms with Crippen LogP contribution in [0.2, 0.25) is 0 Å². The molecule has 1 fully saturated rings. The van der Waals surface area contributed by atoms with Crippen molar-refractivity contribution in [1.29, 1.82) is 0 Å². The van der Waals surface area contributed by atoms with Crippen LogP contribution < -0.4 is 10.1 Å². The lowest BCUT2D eigenvalue weighted by Gasteiger charge is -2.42. The molecule has 1 aliphatic carbocycles. The van der Waals surface area contributed by atoms with Crippen LogP contribution in [0.4, 0.5) is 5.69 Å². The van der Waals surface area contributed by atoms with Crippen molar-refractivity contribution in [2.75, 3.05) is 13.2 Å². The molecule has 0 radical (unpaired) electrons. The summed E-state index contributed by atoms with van der Waals surface area (Å²) in [6.07, 6.45) is 8.75. The van der Waals surface area contributed by atoms with Crippen LogP contribution in [0.5, 0.6) is 5.75 Å². The Morgan fingerprint density at radius 2 is 2.31 bits per heavy atom. The summed E-state index contributed by atoms with van der Waals surface area (Å²) in [6, 6.07) is 13.0. The predicted octanol–water partition coefficient (Wildman–Crippen LogP) is 5.34. The highest BCUT2D eigenvalue weighted by atomic mass is 32.1. The Hall–Kier alpha value is -3.64. The van der Waals surface area contributed by atoms with Crippen LogP contribution in [-0.2, 0) is 6.54 Å². The van der Waals surface area contributed by atoms with Crippen LogP contribution in [0.1, 0.15) is 48.8 Å². The van der Waals surface area contributed by atoms with Crippen molar-refractivity contribution < 1.29 is 9.53 Å². The van der Waals surface area contributed by atoms with Gasteiger partial charge in [-0.3, -0.25) is 10.1 Å². The minimum atomic E-state index is -0.412. The Morgan fingerprint density at radius 3 is 3.08 bits per heavy atom. The van der Waals surface area contributed by atoms with E-state index < -0.39 is 4.87 Å². The molecule has 36 heavy (non-hydrogen) atoms. The molecule has 2 aromatic carbocycles. The smallest absolute Gasteiger partial charge is 0.289 e. The fourth-order valence-corrected chi connectivity index (χ4v) is 5.15. The summed E-state index contributed by atoms with van der Waals surface area (Å²) in [6.45, 7) is 3.39. The van der Waals surface area contributed by atoms with Gasteiger partial charge in [-0.05, 0) is 68.0 Å². The van der Waals surface area contributed by atoms with Gasteiger partial charge in [0.1, 0.15) is 12.4 Å². The lowest BCUT2D eigenvalue weighted by atomic mass is 9.88. The molecule has 1 aliphatic rings. The molecule has 3 aromatic rings. The number of nitrogens with one attached hydrogen (secondary N) is 2. The number of hydrogen-bond acceptors (Lipinski definition) is 6. The number of azide groups is 1. The first-order valence-corrected chi connectivity index (χ1v) is 12.4. The van der Waals surface area contributed by atoms with Crippen molar-refractivity contribution in [3.05, 3.63) is 64.3 Å². The van der Waals surface area contributed by atoms with Gasteiger partial charge in [-0.1, -0.05) is 29.2 Å². The zero-order chi connectivity index (χ0) is 25.5. The second kappa shape index (κ2) is 11.4. The fourth-order valence-electron chi connectivity index (χ4n) is 4.70. The molecule has 9 nitrogen and oxygen atoms in total. The van der Waals surface area contributed by atoms with Gasteiger partial charge >= 0.3 is 0 Å². The second-order valence-electron chi connectivity index (χ2n) is 8.84. The molecule has 1 saturated carbocycles. The molecule has 1 amide bonds. The van der Waals surface area contributed by atoms with E-state index >= 15 is 0 Å². The molecule has 2 N–H and O–H groups in total. The third kappa shape index (κ3) is 5.94. The van der Waals surface area contributed by atoms with E-state index in [0.29, 0.717) is 36.2 Å². The highest BCUT2D eigenvalue weighted by Crippen LogP contribution is 2.35. The normalized spacial score (nSPS) is 19.3. The highest BCUT2D eigenvalue weighted by Gasteiger charge is 2.37. The van der Waals surface area contributed by atoms with E-state index in [1.165, 1.54) is 0 Å². The minimum absolute atomic E-state index is 0.0264. The number of imidazole rings is 1. The van der Waals surface area contributed by atoms with Crippen molar-refractivity contribution in [3.8, 4) is 18.1 Å². The van der Waals surface area contributed by atoms with Gasteiger partial charge in [-0.15, -0.1) is 6.42 Å². The molecule has 1 unspecified atom stereocenters. The fraction of sp³-hybridized carbons (Fsp3) is 0.385. The quantitative estimate of drug-likeness (QED) is 0.0912. The Balaban J connectivity index is 1.44. The largest absolute Gasteiger partial charge is 0.481 e. The number of carbonyl (C=O) groups is 1. The lowest BCUT2D eigenvalue weighted by molar-refractivity contribution is 0.0606. The standard InChI is InChI=1S/C26H29N7O2S/c1-3-13-35-21-9-5-7-18(14-21)17-28-26(36)12-6-8-20(16-26)33(4-2)25(34)24-29-22-11-10-19(31-32-27)15-23(22)30-24/h1,5,7,9-11,14-15,20,28,36H,4,6,8,12-13,16-17H2,2H3,(H,29,30)/t20-,26?/m0/s1.